The van der Waals surface area contributed by atoms with Crippen LogP contribution in [0.1, 0.15) is 39.0 Å². The van der Waals surface area contributed by atoms with Gasteiger partial charge in [0, 0.05) is 12.6 Å². The molecule has 1 amide bonds. The maximum Gasteiger partial charge on any atom is 0.228 e. The fraction of sp³-hybridized carbons (Fsp3) is 0.923. The lowest BCUT2D eigenvalue weighted by atomic mass is 10.0. The average Bonchev–Trinajstić information content (AvgIpc) is 2.94. The van der Waals surface area contributed by atoms with E-state index in [9.17, 15) is 4.79 Å². The maximum absolute atomic E-state index is 12.4. The molecule has 98 valence electrons. The predicted octanol–water partition coefficient (Wildman–Crippen LogP) is 1.14. The van der Waals surface area contributed by atoms with Gasteiger partial charge in [0.05, 0.1) is 18.6 Å². The summed E-state index contributed by atoms with van der Waals surface area (Å²) in [5.74, 6) is 0.414. The topological polar surface area (TPSA) is 55.6 Å². The summed E-state index contributed by atoms with van der Waals surface area (Å²) in [6, 6.07) is 0.432. The normalized spacial score (nSPS) is 33.3. The zero-order chi connectivity index (χ0) is 12.3. The van der Waals surface area contributed by atoms with Gasteiger partial charge >= 0.3 is 0 Å². The van der Waals surface area contributed by atoms with Crippen LogP contribution in [0.5, 0.6) is 0 Å². The van der Waals surface area contributed by atoms with Gasteiger partial charge in [-0.25, -0.2) is 0 Å². The lowest BCUT2D eigenvalue weighted by Gasteiger charge is -2.27. The third-order valence-electron chi connectivity index (χ3n) is 3.95. The molecule has 2 aliphatic heterocycles. The Morgan fingerprint density at radius 2 is 2.35 bits per heavy atom. The number of carbonyl (C=O) groups is 1. The molecule has 0 spiro atoms. The van der Waals surface area contributed by atoms with E-state index in [0.717, 1.165) is 45.2 Å². The molecule has 4 heteroatoms. The van der Waals surface area contributed by atoms with Crippen LogP contribution in [0.15, 0.2) is 0 Å². The van der Waals surface area contributed by atoms with Gasteiger partial charge in [0.15, 0.2) is 0 Å². The van der Waals surface area contributed by atoms with Crippen molar-refractivity contribution in [2.75, 3.05) is 19.7 Å². The Morgan fingerprint density at radius 1 is 1.53 bits per heavy atom. The van der Waals surface area contributed by atoms with Gasteiger partial charge in [-0.15, -0.1) is 0 Å². The molecule has 0 radical (unpaired) electrons. The zero-order valence-electron chi connectivity index (χ0n) is 10.7. The largest absolute Gasteiger partial charge is 0.378 e. The van der Waals surface area contributed by atoms with E-state index in [0.29, 0.717) is 18.6 Å². The van der Waals surface area contributed by atoms with E-state index in [1.54, 1.807) is 0 Å². The van der Waals surface area contributed by atoms with Crippen LogP contribution < -0.4 is 5.73 Å². The second kappa shape index (κ2) is 5.83. The number of nitrogens with two attached hydrogens (primary N) is 1. The van der Waals surface area contributed by atoms with Crippen molar-refractivity contribution < 1.29 is 9.53 Å². The number of nitrogens with zero attached hydrogens (tertiary/aromatic N) is 1. The monoisotopic (exact) mass is 240 g/mol. The number of ether oxygens (including phenoxy) is 1. The lowest BCUT2D eigenvalue weighted by Crippen LogP contribution is -2.40. The number of carbonyl (C=O) groups excluding carboxylic acids is 1. The average molecular weight is 240 g/mol. The second-order valence-corrected chi connectivity index (χ2v) is 5.34. The molecule has 4 nitrogen and oxygen atoms in total. The summed E-state index contributed by atoms with van der Waals surface area (Å²) in [5.41, 5.74) is 5.55. The Kier molecular flexibility index (Phi) is 4.40. The van der Waals surface area contributed by atoms with Gasteiger partial charge in [0.25, 0.3) is 0 Å². The molecule has 0 aliphatic carbocycles. The standard InChI is InChI=1S/C13H24N2O2/c1-10-8-11(9-17-10)13(16)15-7-3-5-12(15)4-2-6-14/h10-12H,2-9,14H2,1H3. The van der Waals surface area contributed by atoms with Gasteiger partial charge in [-0.05, 0) is 45.6 Å². The number of likely N-dealkylation sites (tertiary alicyclic amines) is 1. The van der Waals surface area contributed by atoms with Gasteiger partial charge in [0.1, 0.15) is 0 Å². The van der Waals surface area contributed by atoms with E-state index in [-0.39, 0.29) is 12.0 Å². The van der Waals surface area contributed by atoms with Crippen LogP contribution in [0.2, 0.25) is 0 Å². The molecule has 2 N–H and O–H groups in total. The predicted molar refractivity (Wildman–Crippen MR) is 66.5 cm³/mol. The molecule has 2 saturated heterocycles. The van der Waals surface area contributed by atoms with Crippen molar-refractivity contribution in [3.8, 4) is 0 Å². The lowest BCUT2D eigenvalue weighted by molar-refractivity contribution is -0.136. The van der Waals surface area contributed by atoms with Crippen molar-refractivity contribution in [3.63, 3.8) is 0 Å². The molecular formula is C13H24N2O2. The fourth-order valence-corrected chi connectivity index (χ4v) is 3.00. The first-order valence-corrected chi connectivity index (χ1v) is 6.84. The number of amides is 1. The molecule has 0 aromatic carbocycles. The summed E-state index contributed by atoms with van der Waals surface area (Å²) < 4.78 is 5.50. The first-order valence-electron chi connectivity index (χ1n) is 6.84. The highest BCUT2D eigenvalue weighted by molar-refractivity contribution is 5.79. The highest BCUT2D eigenvalue weighted by Gasteiger charge is 2.36. The van der Waals surface area contributed by atoms with E-state index in [1.807, 2.05) is 6.92 Å². The number of rotatable bonds is 4. The molecule has 0 aromatic rings. The first kappa shape index (κ1) is 12.8. The van der Waals surface area contributed by atoms with Gasteiger partial charge in [0.2, 0.25) is 5.91 Å². The van der Waals surface area contributed by atoms with Crippen LogP contribution in [-0.2, 0) is 9.53 Å². The quantitative estimate of drug-likeness (QED) is 0.801. The van der Waals surface area contributed by atoms with Crippen molar-refractivity contribution in [1.82, 2.24) is 4.90 Å². The summed E-state index contributed by atoms with van der Waals surface area (Å²) in [5, 5.41) is 0. The molecule has 2 fully saturated rings. The molecule has 0 saturated carbocycles. The van der Waals surface area contributed by atoms with E-state index in [4.69, 9.17) is 10.5 Å². The summed E-state index contributed by atoms with van der Waals surface area (Å²) in [6.45, 7) is 4.31. The van der Waals surface area contributed by atoms with E-state index in [2.05, 4.69) is 4.90 Å². The van der Waals surface area contributed by atoms with Gasteiger partial charge < -0.3 is 15.4 Å². The van der Waals surface area contributed by atoms with E-state index in [1.165, 1.54) is 0 Å². The molecule has 2 aliphatic rings. The Bertz CT molecular complexity index is 270. The molecule has 3 atom stereocenters. The van der Waals surface area contributed by atoms with E-state index < -0.39 is 0 Å². The molecule has 2 rings (SSSR count). The summed E-state index contributed by atoms with van der Waals surface area (Å²) in [7, 11) is 0. The van der Waals surface area contributed by atoms with Gasteiger partial charge in [-0.3, -0.25) is 4.79 Å². The molecule has 17 heavy (non-hydrogen) atoms. The van der Waals surface area contributed by atoms with Gasteiger partial charge in [-0.2, -0.15) is 0 Å². The Hall–Kier alpha value is -0.610. The highest BCUT2D eigenvalue weighted by atomic mass is 16.5. The van der Waals surface area contributed by atoms with Crippen LogP contribution in [0.4, 0.5) is 0 Å². The molecule has 3 unspecified atom stereocenters. The van der Waals surface area contributed by atoms with Gasteiger partial charge in [-0.1, -0.05) is 0 Å². The van der Waals surface area contributed by atoms with Crippen LogP contribution >= 0.6 is 0 Å². The van der Waals surface area contributed by atoms with Crippen molar-refractivity contribution in [2.45, 2.75) is 51.2 Å². The zero-order valence-corrected chi connectivity index (χ0v) is 10.7. The Labute approximate surface area is 103 Å². The van der Waals surface area contributed by atoms with Crippen LogP contribution in [0, 0.1) is 5.92 Å². The number of hydrogen-bond acceptors (Lipinski definition) is 3. The van der Waals surface area contributed by atoms with Crippen molar-refractivity contribution >= 4 is 5.91 Å². The second-order valence-electron chi connectivity index (χ2n) is 5.34. The summed E-state index contributed by atoms with van der Waals surface area (Å²) in [4.78, 5) is 14.5. The Balaban J connectivity index is 1.89. The molecule has 0 bridgehead atoms. The molecule has 0 aromatic heterocycles. The van der Waals surface area contributed by atoms with Crippen LogP contribution in [0.25, 0.3) is 0 Å². The summed E-state index contributed by atoms with van der Waals surface area (Å²) in [6.07, 6.45) is 5.50. The first-order chi connectivity index (χ1) is 8.22. The minimum Gasteiger partial charge on any atom is -0.378 e. The van der Waals surface area contributed by atoms with Crippen molar-refractivity contribution in [1.29, 1.82) is 0 Å². The van der Waals surface area contributed by atoms with E-state index >= 15 is 0 Å². The molecular weight excluding hydrogens is 216 g/mol. The van der Waals surface area contributed by atoms with Crippen molar-refractivity contribution in [2.24, 2.45) is 11.7 Å². The highest BCUT2D eigenvalue weighted by Crippen LogP contribution is 2.27. The minimum absolute atomic E-state index is 0.100. The third-order valence-corrected chi connectivity index (χ3v) is 3.95. The third kappa shape index (κ3) is 2.99. The fourth-order valence-electron chi connectivity index (χ4n) is 3.00. The van der Waals surface area contributed by atoms with Crippen molar-refractivity contribution in [3.05, 3.63) is 0 Å². The Morgan fingerprint density at radius 3 is 3.00 bits per heavy atom. The minimum atomic E-state index is 0.100. The summed E-state index contributed by atoms with van der Waals surface area (Å²) >= 11 is 0. The maximum atomic E-state index is 12.4. The number of hydrogen-bond donors (Lipinski definition) is 1. The molecule has 2 heterocycles. The smallest absolute Gasteiger partial charge is 0.228 e. The van der Waals surface area contributed by atoms with Crippen LogP contribution in [0.3, 0.4) is 0 Å². The SMILES string of the molecule is CC1CC(C(=O)N2CCCC2CCCN)CO1. The van der Waals surface area contributed by atoms with Crippen LogP contribution in [-0.4, -0.2) is 42.6 Å².